The smallest absolute Gasteiger partial charge is 0.138 e. The van der Waals surface area contributed by atoms with Crippen molar-refractivity contribution in [3.05, 3.63) is 29.0 Å². The minimum atomic E-state index is 0.974. The maximum atomic E-state index is 5.23. The van der Waals surface area contributed by atoms with Crippen LogP contribution in [-0.2, 0) is 0 Å². The van der Waals surface area contributed by atoms with Crippen LogP contribution in [-0.4, -0.2) is 7.11 Å². The zero-order chi connectivity index (χ0) is 8.39. The van der Waals surface area contributed by atoms with Gasteiger partial charge in [-0.1, -0.05) is 6.07 Å². The van der Waals surface area contributed by atoms with E-state index < -0.39 is 0 Å². The fraction of sp³-hybridized carbons (Fsp3) is 0.111. The second-order valence-corrected chi connectivity index (χ2v) is 4.16. The average Bonchev–Trinajstić information content (AvgIpc) is 2.74. The largest absolute Gasteiger partial charge is 0.495 e. The number of hydrogen-bond donors (Lipinski definition) is 0. The van der Waals surface area contributed by atoms with Crippen LogP contribution in [0.15, 0.2) is 29.0 Å². The Morgan fingerprint density at radius 1 is 1.17 bits per heavy atom. The average molecular weight is 196 g/mol. The van der Waals surface area contributed by atoms with Crippen molar-refractivity contribution in [2.24, 2.45) is 0 Å². The van der Waals surface area contributed by atoms with Crippen LogP contribution in [0.2, 0.25) is 0 Å². The Kier molecular flexibility index (Phi) is 2.15. The summed E-state index contributed by atoms with van der Waals surface area (Å²) < 4.78 is 5.23. The Balaban J connectivity index is 2.46. The number of hydrogen-bond acceptors (Lipinski definition) is 3. The summed E-state index contributed by atoms with van der Waals surface area (Å²) in [5, 5.41) is 4.13. The molecule has 0 bridgehead atoms. The monoisotopic (exact) mass is 196 g/mol. The lowest BCUT2D eigenvalue weighted by Gasteiger charge is -1.97. The molecule has 2 heterocycles. The standard InChI is InChI=1S/C9H8OS2/c1-10-7-4-6-12-9(7)8-3-2-5-11-8/h2-6H,1H3. The van der Waals surface area contributed by atoms with Crippen molar-refractivity contribution in [3.63, 3.8) is 0 Å². The fourth-order valence-corrected chi connectivity index (χ4v) is 2.78. The van der Waals surface area contributed by atoms with Gasteiger partial charge in [-0.25, -0.2) is 0 Å². The molecule has 0 aliphatic rings. The zero-order valence-corrected chi connectivity index (χ0v) is 8.24. The molecule has 0 N–H and O–H groups in total. The molecule has 0 atom stereocenters. The van der Waals surface area contributed by atoms with Crippen molar-refractivity contribution in [1.82, 2.24) is 0 Å². The molecule has 12 heavy (non-hydrogen) atoms. The lowest BCUT2D eigenvalue weighted by Crippen LogP contribution is -1.79. The van der Waals surface area contributed by atoms with Gasteiger partial charge in [0, 0.05) is 4.88 Å². The molecule has 2 aromatic rings. The van der Waals surface area contributed by atoms with Crippen molar-refractivity contribution in [3.8, 4) is 15.5 Å². The predicted octanol–water partition coefficient (Wildman–Crippen LogP) is 3.49. The van der Waals surface area contributed by atoms with Crippen molar-refractivity contribution in [2.75, 3.05) is 7.11 Å². The third-order valence-corrected chi connectivity index (χ3v) is 3.54. The lowest BCUT2D eigenvalue weighted by atomic mass is 10.3. The maximum absolute atomic E-state index is 5.23. The van der Waals surface area contributed by atoms with Gasteiger partial charge in [0.15, 0.2) is 0 Å². The van der Waals surface area contributed by atoms with Crippen LogP contribution in [0.3, 0.4) is 0 Å². The first kappa shape index (κ1) is 7.83. The SMILES string of the molecule is COc1ccsc1-c1cccs1. The Labute approximate surface area is 79.2 Å². The molecule has 1 nitrogen and oxygen atoms in total. The van der Waals surface area contributed by atoms with Gasteiger partial charge in [0.25, 0.3) is 0 Å². The fourth-order valence-electron chi connectivity index (χ4n) is 1.05. The van der Waals surface area contributed by atoms with Gasteiger partial charge in [0.2, 0.25) is 0 Å². The van der Waals surface area contributed by atoms with Crippen molar-refractivity contribution in [1.29, 1.82) is 0 Å². The van der Waals surface area contributed by atoms with Crippen LogP contribution in [0.1, 0.15) is 0 Å². The Morgan fingerprint density at radius 2 is 2.08 bits per heavy atom. The predicted molar refractivity (Wildman–Crippen MR) is 54.2 cm³/mol. The summed E-state index contributed by atoms with van der Waals surface area (Å²) in [5.74, 6) is 0.974. The van der Waals surface area contributed by atoms with E-state index in [9.17, 15) is 0 Å². The van der Waals surface area contributed by atoms with Crippen molar-refractivity contribution in [2.45, 2.75) is 0 Å². The third kappa shape index (κ3) is 1.26. The molecule has 62 valence electrons. The molecule has 0 spiro atoms. The van der Waals surface area contributed by atoms with Gasteiger partial charge in [0.1, 0.15) is 5.75 Å². The Hall–Kier alpha value is -0.800. The van der Waals surface area contributed by atoms with Gasteiger partial charge >= 0.3 is 0 Å². The molecule has 0 aromatic carbocycles. The number of rotatable bonds is 2. The summed E-state index contributed by atoms with van der Waals surface area (Å²) in [6.07, 6.45) is 0. The molecule has 2 aromatic heterocycles. The van der Waals surface area contributed by atoms with E-state index in [1.165, 1.54) is 9.75 Å². The quantitative estimate of drug-likeness (QED) is 0.714. The first-order valence-electron chi connectivity index (χ1n) is 3.57. The second-order valence-electron chi connectivity index (χ2n) is 2.30. The van der Waals surface area contributed by atoms with E-state index in [1.54, 1.807) is 29.8 Å². The first-order valence-corrected chi connectivity index (χ1v) is 5.33. The van der Waals surface area contributed by atoms with E-state index in [1.807, 2.05) is 11.4 Å². The highest BCUT2D eigenvalue weighted by atomic mass is 32.1. The van der Waals surface area contributed by atoms with Crippen LogP contribution in [0.25, 0.3) is 9.75 Å². The van der Waals surface area contributed by atoms with Crippen LogP contribution < -0.4 is 4.74 Å². The van der Waals surface area contributed by atoms with Crippen molar-refractivity contribution < 1.29 is 4.74 Å². The highest BCUT2D eigenvalue weighted by Gasteiger charge is 2.06. The first-order chi connectivity index (χ1) is 5.92. The van der Waals surface area contributed by atoms with Crippen molar-refractivity contribution >= 4 is 22.7 Å². The van der Waals surface area contributed by atoms with E-state index in [2.05, 4.69) is 17.5 Å². The molecular formula is C9H8OS2. The second kappa shape index (κ2) is 3.29. The summed E-state index contributed by atoms with van der Waals surface area (Å²) in [6, 6.07) is 6.16. The normalized spacial score (nSPS) is 10.1. The molecule has 0 fully saturated rings. The van der Waals surface area contributed by atoms with Gasteiger partial charge in [-0.2, -0.15) is 0 Å². The van der Waals surface area contributed by atoms with Crippen LogP contribution >= 0.6 is 22.7 Å². The molecule has 2 rings (SSSR count). The molecule has 0 aliphatic heterocycles. The summed E-state index contributed by atoms with van der Waals surface area (Å²) in [4.78, 5) is 2.51. The molecule has 0 unspecified atom stereocenters. The van der Waals surface area contributed by atoms with Crippen LogP contribution in [0.5, 0.6) is 5.75 Å². The Morgan fingerprint density at radius 3 is 2.75 bits per heavy atom. The summed E-state index contributed by atoms with van der Waals surface area (Å²) in [6.45, 7) is 0. The van der Waals surface area contributed by atoms with Crippen LogP contribution in [0, 0.1) is 0 Å². The number of ether oxygens (including phenoxy) is 1. The van der Waals surface area contributed by atoms with Gasteiger partial charge < -0.3 is 4.74 Å². The van der Waals surface area contributed by atoms with E-state index in [0.29, 0.717) is 0 Å². The molecule has 0 radical (unpaired) electrons. The minimum Gasteiger partial charge on any atom is -0.495 e. The highest BCUT2D eigenvalue weighted by molar-refractivity contribution is 7.20. The summed E-state index contributed by atoms with van der Waals surface area (Å²) >= 11 is 3.46. The van der Waals surface area contributed by atoms with E-state index in [0.717, 1.165) is 5.75 Å². The van der Waals surface area contributed by atoms with Gasteiger partial charge in [0.05, 0.1) is 12.0 Å². The zero-order valence-electron chi connectivity index (χ0n) is 6.61. The number of thiophene rings is 2. The van der Waals surface area contributed by atoms with E-state index >= 15 is 0 Å². The van der Waals surface area contributed by atoms with Crippen LogP contribution in [0.4, 0.5) is 0 Å². The highest BCUT2D eigenvalue weighted by Crippen LogP contribution is 2.37. The topological polar surface area (TPSA) is 9.23 Å². The minimum absolute atomic E-state index is 0.974. The molecular weight excluding hydrogens is 188 g/mol. The maximum Gasteiger partial charge on any atom is 0.138 e. The molecule has 0 saturated heterocycles. The van der Waals surface area contributed by atoms with Gasteiger partial charge in [-0.05, 0) is 22.9 Å². The summed E-state index contributed by atoms with van der Waals surface area (Å²) in [5.41, 5.74) is 0. The van der Waals surface area contributed by atoms with E-state index in [-0.39, 0.29) is 0 Å². The molecule has 0 amide bonds. The lowest BCUT2D eigenvalue weighted by molar-refractivity contribution is 0.418. The Bertz CT molecular complexity index is 348. The number of methoxy groups -OCH3 is 1. The van der Waals surface area contributed by atoms with E-state index in [4.69, 9.17) is 4.74 Å². The van der Waals surface area contributed by atoms with Gasteiger partial charge in [-0.15, -0.1) is 22.7 Å². The molecule has 0 aliphatic carbocycles. The van der Waals surface area contributed by atoms with Gasteiger partial charge in [-0.3, -0.25) is 0 Å². The third-order valence-electron chi connectivity index (χ3n) is 1.59. The summed E-state index contributed by atoms with van der Waals surface area (Å²) in [7, 11) is 1.71. The molecule has 3 heteroatoms. The molecule has 0 saturated carbocycles.